The molecule has 8 heteroatoms. The largest absolute Gasteiger partial charge is 0.360 e. The number of amides is 1. The van der Waals surface area contributed by atoms with E-state index in [0.29, 0.717) is 15.6 Å². The Morgan fingerprint density at radius 3 is 2.35 bits per heavy atom. The van der Waals surface area contributed by atoms with E-state index in [1.807, 2.05) is 12.1 Å². The Morgan fingerprint density at radius 1 is 1.26 bits per heavy atom. The Labute approximate surface area is 142 Å². The van der Waals surface area contributed by atoms with Crippen molar-refractivity contribution in [1.82, 2.24) is 10.1 Å². The fourth-order valence-electron chi connectivity index (χ4n) is 2.05. The van der Waals surface area contributed by atoms with Crippen molar-refractivity contribution in [2.75, 3.05) is 13.1 Å². The zero-order valence-corrected chi connectivity index (χ0v) is 13.5. The fraction of sp³-hybridized carbons (Fsp3) is 0.200. The minimum absolute atomic E-state index is 0.130. The van der Waals surface area contributed by atoms with E-state index < -0.39 is 5.91 Å². The average Bonchev–Trinajstić information content (AvgIpc) is 2.88. The van der Waals surface area contributed by atoms with Crippen LogP contribution in [0, 0.1) is 29.6 Å². The third-order valence-electron chi connectivity index (χ3n) is 3.09. The molecule has 0 bridgehead atoms. The molecule has 0 radical (unpaired) electrons. The van der Waals surface area contributed by atoms with Crippen LogP contribution in [0.2, 0.25) is 10.0 Å². The molecule has 0 unspecified atom stereocenters. The number of nitrogens with zero attached hydrogens (tertiary/aromatic N) is 4. The SMILES string of the molecule is Cc1onc(-c2c(Cl)cccc2Cl)c1C(=O)N(CC#N)CC#N. The topological polar surface area (TPSA) is 93.9 Å². The number of rotatable bonds is 4. The summed E-state index contributed by atoms with van der Waals surface area (Å²) in [6.07, 6.45) is 0. The summed E-state index contributed by atoms with van der Waals surface area (Å²) in [4.78, 5) is 13.8. The van der Waals surface area contributed by atoms with Gasteiger partial charge in [0.2, 0.25) is 0 Å². The Bertz CT molecular complexity index is 797. The van der Waals surface area contributed by atoms with E-state index in [1.165, 1.54) is 0 Å². The zero-order valence-electron chi connectivity index (χ0n) is 12.0. The van der Waals surface area contributed by atoms with E-state index in [0.717, 1.165) is 4.90 Å². The lowest BCUT2D eigenvalue weighted by Crippen LogP contribution is -2.32. The summed E-state index contributed by atoms with van der Waals surface area (Å²) in [6, 6.07) is 8.59. The van der Waals surface area contributed by atoms with Crippen LogP contribution >= 0.6 is 23.2 Å². The number of benzene rings is 1. The van der Waals surface area contributed by atoms with Crippen LogP contribution in [0.1, 0.15) is 16.1 Å². The summed E-state index contributed by atoms with van der Waals surface area (Å²) >= 11 is 12.3. The molecule has 2 rings (SSSR count). The summed E-state index contributed by atoms with van der Waals surface area (Å²) in [7, 11) is 0. The van der Waals surface area contributed by atoms with Crippen molar-refractivity contribution in [2.24, 2.45) is 0 Å². The van der Waals surface area contributed by atoms with Crippen molar-refractivity contribution < 1.29 is 9.32 Å². The van der Waals surface area contributed by atoms with E-state index in [9.17, 15) is 4.79 Å². The number of hydrogen-bond donors (Lipinski definition) is 0. The van der Waals surface area contributed by atoms with Gasteiger partial charge in [0.25, 0.3) is 5.91 Å². The van der Waals surface area contributed by atoms with Crippen LogP contribution in [0.5, 0.6) is 0 Å². The van der Waals surface area contributed by atoms with Crippen molar-refractivity contribution in [1.29, 1.82) is 10.5 Å². The molecule has 2 aromatic rings. The van der Waals surface area contributed by atoms with Crippen LogP contribution in [0.25, 0.3) is 11.3 Å². The molecular formula is C15H10Cl2N4O2. The van der Waals surface area contributed by atoms with Gasteiger partial charge in [-0.2, -0.15) is 10.5 Å². The first kappa shape index (κ1) is 16.8. The number of halogens is 2. The molecule has 0 aliphatic carbocycles. The quantitative estimate of drug-likeness (QED) is 0.788. The summed E-state index contributed by atoms with van der Waals surface area (Å²) in [5.74, 6) is -0.292. The molecule has 6 nitrogen and oxygen atoms in total. The van der Waals surface area contributed by atoms with Gasteiger partial charge in [-0.05, 0) is 19.1 Å². The Morgan fingerprint density at radius 2 is 1.83 bits per heavy atom. The fourth-order valence-corrected chi connectivity index (χ4v) is 2.62. The van der Waals surface area contributed by atoms with Crippen LogP contribution in [0.3, 0.4) is 0 Å². The van der Waals surface area contributed by atoms with Crippen molar-refractivity contribution in [3.63, 3.8) is 0 Å². The highest BCUT2D eigenvalue weighted by Crippen LogP contribution is 2.37. The molecule has 0 N–H and O–H groups in total. The minimum atomic E-state index is -0.544. The maximum atomic E-state index is 12.7. The van der Waals surface area contributed by atoms with Crippen LogP contribution in [0.4, 0.5) is 0 Å². The van der Waals surface area contributed by atoms with Crippen LogP contribution < -0.4 is 0 Å². The zero-order chi connectivity index (χ0) is 17.0. The Hall–Kier alpha value is -2.54. The van der Waals surface area contributed by atoms with E-state index in [2.05, 4.69) is 5.16 Å². The monoisotopic (exact) mass is 348 g/mol. The van der Waals surface area contributed by atoms with Gasteiger partial charge in [0.1, 0.15) is 30.1 Å². The number of carbonyl (C=O) groups excluding carboxylic acids is 1. The van der Waals surface area contributed by atoms with Crippen LogP contribution in [0.15, 0.2) is 22.7 Å². The van der Waals surface area contributed by atoms with Gasteiger partial charge in [-0.15, -0.1) is 0 Å². The second kappa shape index (κ2) is 7.15. The Balaban J connectivity index is 2.58. The Kier molecular flexibility index (Phi) is 5.23. The maximum absolute atomic E-state index is 12.7. The molecule has 0 saturated carbocycles. The van der Waals surface area contributed by atoms with Crippen LogP contribution in [-0.2, 0) is 0 Å². The second-order valence-corrected chi connectivity index (χ2v) is 5.35. The molecule has 0 spiro atoms. The standard InChI is InChI=1S/C15H10Cl2N4O2/c1-9-12(15(22)21(7-5-18)8-6-19)14(20-23-9)13-10(16)3-2-4-11(13)17/h2-4H,7-8H2,1H3. The average molecular weight is 349 g/mol. The van der Waals surface area contributed by atoms with Crippen molar-refractivity contribution in [3.8, 4) is 23.4 Å². The predicted molar refractivity (Wildman–Crippen MR) is 83.8 cm³/mol. The highest BCUT2D eigenvalue weighted by atomic mass is 35.5. The minimum Gasteiger partial charge on any atom is -0.360 e. The number of aromatic nitrogens is 1. The summed E-state index contributed by atoms with van der Waals surface area (Å²) in [5, 5.41) is 22.1. The molecule has 23 heavy (non-hydrogen) atoms. The molecule has 1 heterocycles. The molecule has 1 amide bonds. The normalized spacial score (nSPS) is 9.96. The maximum Gasteiger partial charge on any atom is 0.261 e. The van der Waals surface area contributed by atoms with Gasteiger partial charge in [0, 0.05) is 5.56 Å². The van der Waals surface area contributed by atoms with Gasteiger partial charge in [-0.3, -0.25) is 4.79 Å². The third kappa shape index (κ3) is 3.29. The van der Waals surface area contributed by atoms with Gasteiger partial charge in [0.05, 0.1) is 22.2 Å². The van der Waals surface area contributed by atoms with E-state index >= 15 is 0 Å². The molecule has 0 saturated heterocycles. The van der Waals surface area contributed by atoms with Crippen molar-refractivity contribution in [2.45, 2.75) is 6.92 Å². The molecule has 1 aromatic heterocycles. The van der Waals surface area contributed by atoms with Gasteiger partial charge in [-0.1, -0.05) is 34.4 Å². The van der Waals surface area contributed by atoms with Crippen molar-refractivity contribution >= 4 is 29.1 Å². The molecule has 0 aliphatic rings. The molecule has 116 valence electrons. The van der Waals surface area contributed by atoms with Gasteiger partial charge in [-0.25, -0.2) is 0 Å². The summed E-state index contributed by atoms with van der Waals surface area (Å²) < 4.78 is 5.11. The number of hydrogen-bond acceptors (Lipinski definition) is 5. The van der Waals surface area contributed by atoms with E-state index in [-0.39, 0.29) is 30.1 Å². The van der Waals surface area contributed by atoms with Crippen LogP contribution in [-0.4, -0.2) is 29.1 Å². The van der Waals surface area contributed by atoms with Gasteiger partial charge >= 0.3 is 0 Å². The van der Waals surface area contributed by atoms with E-state index in [1.54, 1.807) is 25.1 Å². The highest BCUT2D eigenvalue weighted by Gasteiger charge is 2.28. The first-order valence-electron chi connectivity index (χ1n) is 6.45. The number of aryl methyl sites for hydroxylation is 1. The first-order valence-corrected chi connectivity index (χ1v) is 7.20. The molecule has 0 atom stereocenters. The number of carbonyl (C=O) groups is 1. The first-order chi connectivity index (χ1) is 11.0. The lowest BCUT2D eigenvalue weighted by atomic mass is 10.0. The molecular weight excluding hydrogens is 339 g/mol. The molecule has 1 aromatic carbocycles. The van der Waals surface area contributed by atoms with Gasteiger partial charge < -0.3 is 9.42 Å². The third-order valence-corrected chi connectivity index (χ3v) is 3.72. The number of nitriles is 2. The smallest absolute Gasteiger partial charge is 0.261 e. The predicted octanol–water partition coefficient (Wildman–Crippen LogP) is 3.45. The van der Waals surface area contributed by atoms with Gasteiger partial charge in [0.15, 0.2) is 0 Å². The summed E-state index contributed by atoms with van der Waals surface area (Å²) in [6.45, 7) is 1.10. The lowest BCUT2D eigenvalue weighted by Gasteiger charge is -2.16. The molecule has 0 aliphatic heterocycles. The highest BCUT2D eigenvalue weighted by molar-refractivity contribution is 6.39. The second-order valence-electron chi connectivity index (χ2n) is 4.54. The molecule has 0 fully saturated rings. The lowest BCUT2D eigenvalue weighted by molar-refractivity contribution is 0.0793. The summed E-state index contributed by atoms with van der Waals surface area (Å²) in [5.41, 5.74) is 0.680. The van der Waals surface area contributed by atoms with E-state index in [4.69, 9.17) is 38.2 Å². The van der Waals surface area contributed by atoms with Crippen molar-refractivity contribution in [3.05, 3.63) is 39.6 Å².